The third-order valence-electron chi connectivity index (χ3n) is 19.9. The Kier molecular flexibility index (Phi) is 13.7. The summed E-state index contributed by atoms with van der Waals surface area (Å²) in [6.07, 6.45) is 40.3. The quantitative estimate of drug-likeness (QED) is 0.152. The molecule has 0 bridgehead atoms. The van der Waals surface area contributed by atoms with E-state index < -0.39 is 0 Å². The van der Waals surface area contributed by atoms with Gasteiger partial charge in [-0.25, -0.2) is 0 Å². The van der Waals surface area contributed by atoms with Crippen LogP contribution in [0, 0.1) is 0 Å². The lowest BCUT2D eigenvalue weighted by molar-refractivity contribution is 0.428. The Bertz CT molecular complexity index is 2760. The highest BCUT2D eigenvalue weighted by Crippen LogP contribution is 2.54. The van der Waals surface area contributed by atoms with E-state index in [2.05, 4.69) is 84.9 Å². The molecule has 6 saturated carbocycles. The fourth-order valence-electron chi connectivity index (χ4n) is 16.2. The van der Waals surface area contributed by atoms with Crippen molar-refractivity contribution in [3.63, 3.8) is 0 Å². The van der Waals surface area contributed by atoms with Gasteiger partial charge in [0.15, 0.2) is 0 Å². The van der Waals surface area contributed by atoms with Crippen molar-refractivity contribution in [1.82, 2.24) is 0 Å². The summed E-state index contributed by atoms with van der Waals surface area (Å²) >= 11 is 0. The molecule has 6 fully saturated rings. The molecule has 3 heteroatoms. The average Bonchev–Trinajstić information content (AvgIpc) is 3.67. The van der Waals surface area contributed by atoms with Gasteiger partial charge in [0.2, 0.25) is 8.67 Å². The highest BCUT2D eigenvalue weighted by molar-refractivity contribution is 7.15. The van der Waals surface area contributed by atoms with E-state index in [4.69, 9.17) is 8.39 Å². The molecule has 0 unspecified atom stereocenters. The maximum absolute atomic E-state index is 7.49. The summed E-state index contributed by atoms with van der Waals surface area (Å²) in [5.41, 5.74) is 17.8. The maximum Gasteiger partial charge on any atom is 0.201 e. The van der Waals surface area contributed by atoms with Gasteiger partial charge in [-0.15, -0.1) is 0 Å². The molecule has 0 amide bonds. The highest BCUT2D eigenvalue weighted by Gasteiger charge is 2.33. The zero-order chi connectivity index (χ0) is 47.1. The molecule has 370 valence electrons. The van der Waals surface area contributed by atoms with Crippen molar-refractivity contribution in [2.45, 2.75) is 228 Å². The van der Waals surface area contributed by atoms with Crippen molar-refractivity contribution in [2.24, 2.45) is 0 Å². The van der Waals surface area contributed by atoms with Crippen molar-refractivity contribution >= 4 is 52.2 Å². The van der Waals surface area contributed by atoms with Crippen molar-refractivity contribution in [1.29, 1.82) is 0 Å². The van der Waals surface area contributed by atoms with Gasteiger partial charge in [0.1, 0.15) is 11.2 Å². The lowest BCUT2D eigenvalue weighted by Gasteiger charge is -2.33. The number of fused-ring (bicyclic) bond motifs is 7. The van der Waals surface area contributed by atoms with Crippen LogP contribution in [0.1, 0.15) is 262 Å². The molecule has 1 aromatic heterocycles. The van der Waals surface area contributed by atoms with Crippen LogP contribution in [0.3, 0.4) is 0 Å². The van der Waals surface area contributed by atoms with E-state index in [1.165, 1.54) is 247 Å². The summed E-state index contributed by atoms with van der Waals surface area (Å²) in [5, 5.41) is 7.73. The summed E-state index contributed by atoms with van der Waals surface area (Å²) in [7, 11) is -0.132. The van der Waals surface area contributed by atoms with Crippen LogP contribution in [0.25, 0.3) is 65.7 Å². The summed E-state index contributed by atoms with van der Waals surface area (Å²) in [6, 6.07) is 35.0. The summed E-state index contributed by atoms with van der Waals surface area (Å²) in [5.74, 6) is 3.72. The molecule has 13 rings (SSSR count). The second-order valence-corrected chi connectivity index (χ2v) is 24.7. The van der Waals surface area contributed by atoms with Crippen molar-refractivity contribution in [3.05, 3.63) is 118 Å². The van der Waals surface area contributed by atoms with Crippen molar-refractivity contribution in [3.8, 4) is 22.3 Å². The Morgan fingerprint density at radius 2 is 0.592 bits per heavy atom. The van der Waals surface area contributed by atoms with E-state index in [1.807, 2.05) is 0 Å². The largest absolute Gasteiger partial charge is 0.420 e. The Balaban J connectivity index is 1.14. The fraction of sp³-hybridized carbons (Fsp3) is 0.529. The zero-order valence-corrected chi connectivity index (χ0v) is 44.1. The summed E-state index contributed by atoms with van der Waals surface area (Å²) in [4.78, 5) is 0. The first-order chi connectivity index (χ1) is 35.2. The van der Waals surface area contributed by atoms with Gasteiger partial charge in [-0.05, 0) is 191 Å². The molecule has 0 atom stereocenters. The lowest BCUT2D eigenvalue weighted by Crippen LogP contribution is -2.14. The van der Waals surface area contributed by atoms with Crippen LogP contribution in [0.15, 0.2) is 93.3 Å². The topological polar surface area (TPSA) is 26.3 Å². The van der Waals surface area contributed by atoms with Crippen molar-refractivity contribution in [2.75, 3.05) is 0 Å². The monoisotopic (exact) mass is 961 g/mol. The molecule has 0 saturated heterocycles. The molecule has 0 radical (unpaired) electrons. The number of rotatable bonds is 8. The van der Waals surface area contributed by atoms with Gasteiger partial charge in [-0.1, -0.05) is 188 Å². The predicted octanol–water partition coefficient (Wildman–Crippen LogP) is 22.3. The predicted molar refractivity (Wildman–Crippen MR) is 304 cm³/mol. The van der Waals surface area contributed by atoms with E-state index in [0.717, 1.165) is 11.2 Å². The molecule has 0 spiro atoms. The molecule has 7 aromatic rings. The number of hydrogen-bond acceptors (Lipinski definition) is 2. The zero-order valence-electron chi connectivity index (χ0n) is 43.1. The van der Waals surface area contributed by atoms with Gasteiger partial charge in [-0.2, -0.15) is 0 Å². The van der Waals surface area contributed by atoms with E-state index >= 15 is 0 Å². The second kappa shape index (κ2) is 20.9. The molecule has 6 aromatic carbocycles. The van der Waals surface area contributed by atoms with Gasteiger partial charge in [0.25, 0.3) is 0 Å². The van der Waals surface area contributed by atoms with Crippen LogP contribution in [0.5, 0.6) is 0 Å². The molecule has 6 aliphatic rings. The van der Waals surface area contributed by atoms with Gasteiger partial charge < -0.3 is 8.39 Å². The SMILES string of the molecule is c1ccc2c(c1)cc(-c1c(C3CCCCC3)cc(C3CCCCC3)cc1C1CCCCC1)c1o[pH]oc3c(-c4c(C5CCCCC5)cc(C5CCCCC5)cc4C4CCCCC4)cc4ccccc4c3c12. The minimum atomic E-state index is -0.132. The maximum atomic E-state index is 7.49. The Morgan fingerprint density at radius 3 is 0.901 bits per heavy atom. The van der Waals surface area contributed by atoms with Crippen LogP contribution in [-0.2, 0) is 0 Å². The molecule has 6 aliphatic carbocycles. The number of hydrogen-bond donors (Lipinski definition) is 0. The first-order valence-corrected chi connectivity index (χ1v) is 30.6. The molecule has 71 heavy (non-hydrogen) atoms. The van der Waals surface area contributed by atoms with Crippen LogP contribution < -0.4 is 0 Å². The van der Waals surface area contributed by atoms with Gasteiger partial charge in [-0.3, -0.25) is 0 Å². The van der Waals surface area contributed by atoms with E-state index in [1.54, 1.807) is 33.4 Å². The minimum Gasteiger partial charge on any atom is -0.420 e. The molecule has 0 N–H and O–H groups in total. The molecule has 0 aliphatic heterocycles. The van der Waals surface area contributed by atoms with Gasteiger partial charge in [0.05, 0.1) is 0 Å². The van der Waals surface area contributed by atoms with Crippen LogP contribution in [0.2, 0.25) is 0 Å². The Labute approximate surface area is 427 Å². The van der Waals surface area contributed by atoms with Crippen LogP contribution in [-0.4, -0.2) is 0 Å². The third-order valence-corrected chi connectivity index (χ3v) is 20.4. The van der Waals surface area contributed by atoms with E-state index in [-0.39, 0.29) is 8.67 Å². The van der Waals surface area contributed by atoms with Crippen LogP contribution in [0.4, 0.5) is 0 Å². The van der Waals surface area contributed by atoms with Crippen LogP contribution >= 0.6 is 8.67 Å². The lowest BCUT2D eigenvalue weighted by atomic mass is 9.71. The smallest absolute Gasteiger partial charge is 0.201 e. The molecule has 2 nitrogen and oxygen atoms in total. The first kappa shape index (κ1) is 46.5. The summed E-state index contributed by atoms with van der Waals surface area (Å²) < 4.78 is 15.0. The molecule has 1 heterocycles. The van der Waals surface area contributed by atoms with E-state index in [0.29, 0.717) is 35.5 Å². The van der Waals surface area contributed by atoms with Crippen molar-refractivity contribution < 1.29 is 8.39 Å². The standard InChI is InChI=1S/C68H81O2P/c1-7-23-45(24-8-1)53-41-57(47-27-11-3-12-28-47)63(58(42-53)48-29-13-4-14-30-48)61-39-51-35-19-21-37-55(51)65-66-56-38-22-20-36-52(56)40-62(68(66)70-71-69-67(61)65)64-59(49-31-15-5-16-32-49)43-54(46-25-9-2-10-26-46)44-60(64)50-33-17-6-18-34-50/h19-22,35-50,71H,1-18,23-34H2. The highest BCUT2D eigenvalue weighted by atomic mass is 31.1. The molecular formula is C68H81O2P. The Hall–Kier alpha value is -4.26. The normalized spacial score (nSPS) is 21.2. The molecular weight excluding hydrogens is 880 g/mol. The van der Waals surface area contributed by atoms with E-state index in [9.17, 15) is 0 Å². The second-order valence-electron chi connectivity index (χ2n) is 24.1. The van der Waals surface area contributed by atoms with Gasteiger partial charge in [0, 0.05) is 21.9 Å². The summed E-state index contributed by atoms with van der Waals surface area (Å²) in [6.45, 7) is 0. The average molecular weight is 961 g/mol. The first-order valence-electron chi connectivity index (χ1n) is 29.8. The minimum absolute atomic E-state index is 0.132. The fourth-order valence-corrected chi connectivity index (χ4v) is 16.8. The third kappa shape index (κ3) is 9.06. The number of benzene rings is 6. The Morgan fingerprint density at radius 1 is 0.310 bits per heavy atom. The van der Waals surface area contributed by atoms with Gasteiger partial charge >= 0.3 is 0 Å².